The molecule has 1 aliphatic carbocycles. The molecule has 0 radical (unpaired) electrons. The maximum absolute atomic E-state index is 14.7. The zero-order valence-electron chi connectivity index (χ0n) is 17.0. The van der Waals surface area contributed by atoms with Crippen LogP contribution in [0.15, 0.2) is 46.0 Å². The Hall–Kier alpha value is -2.06. The van der Waals surface area contributed by atoms with Gasteiger partial charge >= 0.3 is 0 Å². The van der Waals surface area contributed by atoms with Crippen molar-refractivity contribution in [2.75, 3.05) is 20.2 Å². The largest absolute Gasteiger partial charge is 0.481 e. The van der Waals surface area contributed by atoms with Crippen molar-refractivity contribution in [1.82, 2.24) is 9.88 Å². The number of rotatable bonds is 5. The van der Waals surface area contributed by atoms with Crippen molar-refractivity contribution in [1.29, 1.82) is 0 Å². The third kappa shape index (κ3) is 4.49. The van der Waals surface area contributed by atoms with Gasteiger partial charge in [-0.25, -0.2) is 14.4 Å². The predicted molar refractivity (Wildman–Crippen MR) is 113 cm³/mol. The van der Waals surface area contributed by atoms with Crippen LogP contribution < -0.4 is 5.73 Å². The summed E-state index contributed by atoms with van der Waals surface area (Å²) in [6.07, 6.45) is 8.37. The monoisotopic (exact) mass is 433 g/mol. The number of hydrogen-bond acceptors (Lipinski definition) is 5. The van der Waals surface area contributed by atoms with Crippen LogP contribution in [0.5, 0.6) is 0 Å². The first kappa shape index (κ1) is 21.2. The number of aliphatic hydroxyl groups is 1. The van der Waals surface area contributed by atoms with E-state index in [-0.39, 0.29) is 5.83 Å². The van der Waals surface area contributed by atoms with E-state index in [1.807, 2.05) is 18.4 Å². The minimum atomic E-state index is -0.957. The number of aromatic nitrogens is 1. The van der Waals surface area contributed by atoms with Crippen molar-refractivity contribution in [3.05, 3.63) is 63.6 Å². The van der Waals surface area contributed by atoms with E-state index < -0.39 is 12.1 Å². The van der Waals surface area contributed by atoms with E-state index in [2.05, 4.69) is 26.7 Å². The number of aliphatic hydroxyl groups excluding tert-OH is 1. The lowest BCUT2D eigenvalue weighted by molar-refractivity contribution is -0.491. The summed E-state index contributed by atoms with van der Waals surface area (Å²) in [5.74, 6) is 0.334. The van der Waals surface area contributed by atoms with E-state index in [9.17, 15) is 9.50 Å². The molecule has 0 saturated carbocycles. The van der Waals surface area contributed by atoms with E-state index in [1.165, 1.54) is 6.08 Å². The zero-order valence-corrected chi connectivity index (χ0v) is 17.8. The topological polar surface area (TPSA) is 85.6 Å². The van der Waals surface area contributed by atoms with Gasteiger partial charge < -0.3 is 15.6 Å². The quantitative estimate of drug-likeness (QED) is 0.699. The molecule has 3 atom stereocenters. The lowest BCUT2D eigenvalue weighted by Crippen LogP contribution is -2.54. The third-order valence-electron chi connectivity index (χ3n) is 5.90. The minimum absolute atomic E-state index is 0.249. The molecule has 0 fully saturated rings. The number of pyridine rings is 1. The van der Waals surface area contributed by atoms with Crippen LogP contribution in [0.4, 0.5) is 4.39 Å². The molecule has 0 spiro atoms. The van der Waals surface area contributed by atoms with Gasteiger partial charge in [-0.15, -0.1) is 0 Å². The van der Waals surface area contributed by atoms with Gasteiger partial charge in [0.05, 0.1) is 12.8 Å². The van der Waals surface area contributed by atoms with Gasteiger partial charge in [0, 0.05) is 42.7 Å². The number of methoxy groups -OCH3 is 1. The van der Waals surface area contributed by atoms with Crippen LogP contribution in [-0.2, 0) is 17.7 Å². The summed E-state index contributed by atoms with van der Waals surface area (Å²) in [6, 6.07) is 1.81. The average Bonchev–Trinajstić information content (AvgIpc) is 2.73. The Bertz CT molecular complexity index is 941. The fourth-order valence-electron chi connectivity index (χ4n) is 4.37. The first-order valence-electron chi connectivity index (χ1n) is 10.2. The van der Waals surface area contributed by atoms with Crippen LogP contribution in [0.25, 0.3) is 0 Å². The van der Waals surface area contributed by atoms with Gasteiger partial charge in [0.15, 0.2) is 0 Å². The summed E-state index contributed by atoms with van der Waals surface area (Å²) in [6.45, 7) is 2.39. The average molecular weight is 434 g/mol. The summed E-state index contributed by atoms with van der Waals surface area (Å²) < 4.78 is 20.0. The van der Waals surface area contributed by atoms with Crippen LogP contribution in [-0.4, -0.2) is 41.4 Å². The van der Waals surface area contributed by atoms with Gasteiger partial charge in [0.1, 0.15) is 11.5 Å². The van der Waals surface area contributed by atoms with Gasteiger partial charge in [-0.3, -0.25) is 4.90 Å². The van der Waals surface area contributed by atoms with Crippen LogP contribution >= 0.6 is 11.6 Å². The first-order chi connectivity index (χ1) is 14.4. The Balaban J connectivity index is 1.59. The number of nitrogens with zero attached hydrogens (tertiary/aromatic N) is 3. The number of fused-ring (bicyclic) bond motifs is 1. The standard InChI is InChI=1S/C22H26ClFN4O2/c1-30-21-8-13(4-6-26-21)11-28-7-5-16-17(15-3-2-14(23)9-18(15)24)10-19(22(25)29)27-20(16)12-28/h2,6,8-10,13,15,22,29H,3-5,7,11-12,25H2,1H3/p+1. The number of allylic oxidation sites excluding steroid dienone is 4. The lowest BCUT2D eigenvalue weighted by Gasteiger charge is -2.33. The van der Waals surface area contributed by atoms with Crippen LogP contribution in [0.3, 0.4) is 0 Å². The van der Waals surface area contributed by atoms with Crippen LogP contribution in [0.2, 0.25) is 0 Å². The molecule has 0 aromatic carbocycles. The van der Waals surface area contributed by atoms with Crippen molar-refractivity contribution in [2.24, 2.45) is 10.9 Å². The highest BCUT2D eigenvalue weighted by molar-refractivity contribution is 6.31. The molecular formula is C22H27ClFN4O2+. The van der Waals surface area contributed by atoms with Gasteiger partial charge in [-0.05, 0) is 48.6 Å². The second-order valence-electron chi connectivity index (χ2n) is 7.99. The Morgan fingerprint density at radius 3 is 3.00 bits per heavy atom. The van der Waals surface area contributed by atoms with E-state index >= 15 is 0 Å². The molecule has 6 nitrogen and oxygen atoms in total. The molecule has 160 valence electrons. The number of ether oxygens (including phenoxy) is 1. The molecule has 1 aromatic rings. The highest BCUT2D eigenvalue weighted by Gasteiger charge is 2.30. The molecule has 2 aliphatic heterocycles. The van der Waals surface area contributed by atoms with E-state index in [1.54, 1.807) is 7.11 Å². The molecule has 3 unspecified atom stereocenters. The Morgan fingerprint density at radius 1 is 1.43 bits per heavy atom. The van der Waals surface area contributed by atoms with Crippen LogP contribution in [0.1, 0.15) is 47.5 Å². The molecule has 8 heteroatoms. The first-order valence-corrected chi connectivity index (χ1v) is 10.6. The highest BCUT2D eigenvalue weighted by atomic mass is 35.5. The maximum Gasteiger partial charge on any atom is 0.230 e. The normalized spacial score (nSPS) is 25.2. The van der Waals surface area contributed by atoms with Crippen molar-refractivity contribution in [3.8, 4) is 0 Å². The number of halogens is 2. The van der Waals surface area contributed by atoms with E-state index in [0.717, 1.165) is 42.8 Å². The van der Waals surface area contributed by atoms with Crippen molar-refractivity contribution in [2.45, 2.75) is 38.0 Å². The van der Waals surface area contributed by atoms with Gasteiger partial charge in [-0.2, -0.15) is 0 Å². The summed E-state index contributed by atoms with van der Waals surface area (Å²) in [5.41, 5.74) is 7.04. The number of quaternary nitrogens is 1. The van der Waals surface area contributed by atoms with E-state index in [0.29, 0.717) is 35.5 Å². The molecule has 30 heavy (non-hydrogen) atoms. The molecule has 3 aliphatic rings. The zero-order chi connectivity index (χ0) is 21.3. The van der Waals surface area contributed by atoms with Gasteiger partial charge in [-0.1, -0.05) is 17.7 Å². The summed E-state index contributed by atoms with van der Waals surface area (Å²) >= 11 is 5.97. The van der Waals surface area contributed by atoms with E-state index in [4.69, 9.17) is 16.3 Å². The molecule has 0 saturated heterocycles. The van der Waals surface area contributed by atoms with Crippen molar-refractivity contribution < 1.29 is 20.0 Å². The summed E-state index contributed by atoms with van der Waals surface area (Å²) in [4.78, 5) is 11.2. The Morgan fingerprint density at radius 2 is 2.27 bits per heavy atom. The fraction of sp³-hybridized carbons (Fsp3) is 0.455. The van der Waals surface area contributed by atoms with Gasteiger partial charge in [0.2, 0.25) is 12.1 Å². The molecule has 3 heterocycles. The molecular weight excluding hydrogens is 407 g/mol. The predicted octanol–water partition coefficient (Wildman–Crippen LogP) is 2.71. The van der Waals surface area contributed by atoms with Crippen molar-refractivity contribution >= 4 is 17.8 Å². The summed E-state index contributed by atoms with van der Waals surface area (Å²) in [5, 5.41) is 10.5. The molecule has 0 amide bonds. The number of hydrogen-bond donors (Lipinski definition) is 2. The maximum atomic E-state index is 14.7. The van der Waals surface area contributed by atoms with Crippen molar-refractivity contribution in [3.63, 3.8) is 0 Å². The fourth-order valence-corrected chi connectivity index (χ4v) is 4.56. The number of aliphatic imine (C=N–C) groups is 1. The summed E-state index contributed by atoms with van der Waals surface area (Å²) in [7, 11) is 1.63. The second-order valence-corrected chi connectivity index (χ2v) is 8.42. The van der Waals surface area contributed by atoms with Gasteiger partial charge in [0.25, 0.3) is 0 Å². The molecule has 4 rings (SSSR count). The Labute approximate surface area is 180 Å². The smallest absolute Gasteiger partial charge is 0.230 e. The lowest BCUT2D eigenvalue weighted by atomic mass is 9.85. The molecule has 1 aromatic heterocycles. The van der Waals surface area contributed by atoms with Crippen LogP contribution in [0, 0.1) is 5.92 Å². The second kappa shape index (κ2) is 8.98. The Kier molecular flexibility index (Phi) is 6.34. The highest BCUT2D eigenvalue weighted by Crippen LogP contribution is 2.39. The SMILES string of the molecule is COC1=CC(CN2CCc3c(C4CC=C(Cl)C=C4F)cc(C([NH3+])O)nc3C2)CC=N1. The third-order valence-corrected chi connectivity index (χ3v) is 6.16. The minimum Gasteiger partial charge on any atom is -0.481 e. The molecule has 0 bridgehead atoms. The molecule has 4 N–H and O–H groups in total.